The number of anilines is 2. The average Bonchev–Trinajstić information content (AvgIpc) is 2.38. The van der Waals surface area contributed by atoms with Gasteiger partial charge in [0.2, 0.25) is 0 Å². The van der Waals surface area contributed by atoms with Gasteiger partial charge in [0.05, 0.1) is 28.0 Å². The van der Waals surface area contributed by atoms with Gasteiger partial charge in [0, 0.05) is 7.05 Å². The molecule has 0 bridgehead atoms. The summed E-state index contributed by atoms with van der Waals surface area (Å²) in [7, 11) is 1.73. The van der Waals surface area contributed by atoms with E-state index >= 15 is 0 Å². The summed E-state index contributed by atoms with van der Waals surface area (Å²) in [5.74, 6) is -0.319. The van der Waals surface area contributed by atoms with Gasteiger partial charge in [-0.2, -0.15) is 5.26 Å². The molecule has 2 nitrogen and oxygen atoms in total. The maximum Gasteiger partial charge on any atom is 0.146 e. The van der Waals surface area contributed by atoms with E-state index in [2.05, 4.69) is 0 Å². The molecule has 0 atom stereocenters. The molecule has 90 valence electrons. The van der Waals surface area contributed by atoms with E-state index in [1.54, 1.807) is 48.3 Å². The Kier molecular flexibility index (Phi) is 3.50. The van der Waals surface area contributed by atoms with E-state index in [-0.39, 0.29) is 5.82 Å². The predicted molar refractivity (Wildman–Crippen MR) is 70.6 cm³/mol. The summed E-state index contributed by atoms with van der Waals surface area (Å²) in [6.45, 7) is 0. The van der Waals surface area contributed by atoms with Crippen molar-refractivity contribution in [1.82, 2.24) is 0 Å². The summed E-state index contributed by atoms with van der Waals surface area (Å²) < 4.78 is 13.7. The summed E-state index contributed by atoms with van der Waals surface area (Å²) in [6.07, 6.45) is 0. The van der Waals surface area contributed by atoms with Gasteiger partial charge in [0.15, 0.2) is 0 Å². The highest BCUT2D eigenvalue weighted by atomic mass is 35.5. The first-order valence-electron chi connectivity index (χ1n) is 5.31. The van der Waals surface area contributed by atoms with Crippen molar-refractivity contribution in [2.45, 2.75) is 0 Å². The second-order valence-electron chi connectivity index (χ2n) is 3.79. The number of nitrogens with zero attached hydrogens (tertiary/aromatic N) is 2. The molecule has 0 amide bonds. The van der Waals surface area contributed by atoms with Gasteiger partial charge in [-0.15, -0.1) is 0 Å². The molecule has 0 aliphatic rings. The van der Waals surface area contributed by atoms with Crippen LogP contribution in [0.5, 0.6) is 0 Å². The fraction of sp³-hybridized carbons (Fsp3) is 0.0714. The molecule has 0 unspecified atom stereocenters. The SMILES string of the molecule is CN(c1ccccc1F)c1ccc(C#N)cc1Cl. The highest BCUT2D eigenvalue weighted by molar-refractivity contribution is 6.33. The number of hydrogen-bond acceptors (Lipinski definition) is 2. The first kappa shape index (κ1) is 12.4. The van der Waals surface area contributed by atoms with Crippen LogP contribution in [0.3, 0.4) is 0 Å². The van der Waals surface area contributed by atoms with Gasteiger partial charge in [-0.05, 0) is 30.3 Å². The Labute approximate surface area is 110 Å². The van der Waals surface area contributed by atoms with Gasteiger partial charge in [-0.1, -0.05) is 23.7 Å². The molecule has 0 aliphatic carbocycles. The summed E-state index contributed by atoms with van der Waals surface area (Å²) >= 11 is 6.09. The van der Waals surface area contributed by atoms with Crippen LogP contribution in [0.15, 0.2) is 42.5 Å². The molecule has 18 heavy (non-hydrogen) atoms. The van der Waals surface area contributed by atoms with Crippen molar-refractivity contribution in [2.75, 3.05) is 11.9 Å². The van der Waals surface area contributed by atoms with Gasteiger partial charge in [-0.3, -0.25) is 0 Å². The van der Waals surface area contributed by atoms with Gasteiger partial charge < -0.3 is 4.90 Å². The number of rotatable bonds is 2. The molecule has 0 spiro atoms. The minimum Gasteiger partial charge on any atom is -0.341 e. The van der Waals surface area contributed by atoms with Gasteiger partial charge in [0.1, 0.15) is 5.82 Å². The zero-order chi connectivity index (χ0) is 13.1. The molecule has 0 aromatic heterocycles. The third-order valence-electron chi connectivity index (χ3n) is 2.65. The molecule has 0 heterocycles. The van der Waals surface area contributed by atoms with E-state index in [9.17, 15) is 4.39 Å². The lowest BCUT2D eigenvalue weighted by Gasteiger charge is -2.21. The van der Waals surface area contributed by atoms with E-state index in [1.807, 2.05) is 6.07 Å². The molecule has 4 heteroatoms. The van der Waals surface area contributed by atoms with Crippen LogP contribution in [0.2, 0.25) is 5.02 Å². The Bertz CT molecular complexity index is 619. The molecule has 0 aliphatic heterocycles. The highest BCUT2D eigenvalue weighted by Crippen LogP contribution is 2.32. The minimum absolute atomic E-state index is 0.319. The fourth-order valence-corrected chi connectivity index (χ4v) is 2.01. The van der Waals surface area contributed by atoms with Crippen molar-refractivity contribution in [3.05, 3.63) is 58.9 Å². The van der Waals surface area contributed by atoms with E-state index in [4.69, 9.17) is 16.9 Å². The summed E-state index contributed by atoms with van der Waals surface area (Å²) in [5, 5.41) is 9.19. The molecular weight excluding hydrogens is 251 g/mol. The van der Waals surface area contributed by atoms with Gasteiger partial charge >= 0.3 is 0 Å². The smallest absolute Gasteiger partial charge is 0.146 e. The second kappa shape index (κ2) is 5.07. The number of nitriles is 1. The second-order valence-corrected chi connectivity index (χ2v) is 4.20. The van der Waals surface area contributed by atoms with E-state index in [0.29, 0.717) is 22.0 Å². The van der Waals surface area contributed by atoms with Gasteiger partial charge in [0.25, 0.3) is 0 Å². The molecule has 0 fully saturated rings. The number of para-hydroxylation sites is 1. The van der Waals surface area contributed by atoms with E-state index < -0.39 is 0 Å². The van der Waals surface area contributed by atoms with Crippen LogP contribution in [0.25, 0.3) is 0 Å². The average molecular weight is 261 g/mol. The topological polar surface area (TPSA) is 27.0 Å². The van der Waals surface area contributed by atoms with Crippen LogP contribution in [-0.2, 0) is 0 Å². The molecular formula is C14H10ClFN2. The van der Waals surface area contributed by atoms with Crippen LogP contribution in [0.4, 0.5) is 15.8 Å². The van der Waals surface area contributed by atoms with Crippen molar-refractivity contribution in [3.63, 3.8) is 0 Å². The molecule has 0 saturated carbocycles. The normalized spacial score (nSPS) is 9.89. The van der Waals surface area contributed by atoms with Gasteiger partial charge in [-0.25, -0.2) is 4.39 Å². The zero-order valence-electron chi connectivity index (χ0n) is 9.69. The maximum atomic E-state index is 13.7. The Hall–Kier alpha value is -2.05. The van der Waals surface area contributed by atoms with E-state index in [1.165, 1.54) is 6.07 Å². The van der Waals surface area contributed by atoms with Crippen molar-refractivity contribution >= 4 is 23.0 Å². The third-order valence-corrected chi connectivity index (χ3v) is 2.95. The van der Waals surface area contributed by atoms with E-state index in [0.717, 1.165) is 0 Å². The van der Waals surface area contributed by atoms with Crippen LogP contribution < -0.4 is 4.90 Å². The lowest BCUT2D eigenvalue weighted by Crippen LogP contribution is -2.11. The summed E-state index contributed by atoms with van der Waals surface area (Å²) in [6, 6.07) is 13.4. The van der Waals surface area contributed by atoms with Crippen LogP contribution in [0.1, 0.15) is 5.56 Å². The molecule has 2 aromatic rings. The van der Waals surface area contributed by atoms with Crippen LogP contribution >= 0.6 is 11.6 Å². The molecule has 2 rings (SSSR count). The maximum absolute atomic E-state index is 13.7. The van der Waals surface area contributed by atoms with Crippen LogP contribution in [0, 0.1) is 17.1 Å². The lowest BCUT2D eigenvalue weighted by atomic mass is 10.2. The fourth-order valence-electron chi connectivity index (χ4n) is 1.70. The standard InChI is InChI=1S/C14H10ClFN2/c1-18(14-5-3-2-4-12(14)16)13-7-6-10(9-17)8-11(13)15/h2-8H,1H3. The Morgan fingerprint density at radius 2 is 1.89 bits per heavy atom. The molecule has 0 saturated heterocycles. The first-order chi connectivity index (χ1) is 8.63. The summed E-state index contributed by atoms with van der Waals surface area (Å²) in [5.41, 5.74) is 1.57. The molecule has 2 aromatic carbocycles. The zero-order valence-corrected chi connectivity index (χ0v) is 10.4. The first-order valence-corrected chi connectivity index (χ1v) is 5.69. The Morgan fingerprint density at radius 3 is 2.50 bits per heavy atom. The van der Waals surface area contributed by atoms with Crippen molar-refractivity contribution in [1.29, 1.82) is 5.26 Å². The minimum atomic E-state index is -0.319. The van der Waals surface area contributed by atoms with Crippen LogP contribution in [-0.4, -0.2) is 7.05 Å². The van der Waals surface area contributed by atoms with Crippen molar-refractivity contribution < 1.29 is 4.39 Å². The monoisotopic (exact) mass is 260 g/mol. The molecule has 0 radical (unpaired) electrons. The summed E-state index contributed by atoms with van der Waals surface area (Å²) in [4.78, 5) is 1.65. The Balaban J connectivity index is 2.44. The number of hydrogen-bond donors (Lipinski definition) is 0. The highest BCUT2D eigenvalue weighted by Gasteiger charge is 2.12. The third kappa shape index (κ3) is 2.29. The molecule has 0 N–H and O–H groups in total. The lowest BCUT2D eigenvalue weighted by molar-refractivity contribution is 0.627. The van der Waals surface area contributed by atoms with Crippen molar-refractivity contribution in [2.24, 2.45) is 0 Å². The number of halogens is 2. The number of benzene rings is 2. The Morgan fingerprint density at radius 1 is 1.17 bits per heavy atom. The van der Waals surface area contributed by atoms with Crippen molar-refractivity contribution in [3.8, 4) is 6.07 Å². The predicted octanol–water partition coefficient (Wildman–Crippen LogP) is 4.12. The quantitative estimate of drug-likeness (QED) is 0.812. The largest absolute Gasteiger partial charge is 0.341 e.